The van der Waals surface area contributed by atoms with E-state index in [1.165, 1.54) is 12.0 Å². The summed E-state index contributed by atoms with van der Waals surface area (Å²) in [4.78, 5) is 45.1. The third kappa shape index (κ3) is 8.32. The summed E-state index contributed by atoms with van der Waals surface area (Å²) in [7, 11) is 5.22. The van der Waals surface area contributed by atoms with Crippen molar-refractivity contribution in [1.29, 1.82) is 0 Å². The van der Waals surface area contributed by atoms with Gasteiger partial charge in [0, 0.05) is 57.1 Å². The second kappa shape index (κ2) is 16.0. The number of anilines is 2. The number of ether oxygens (including phenoxy) is 2. The first kappa shape index (κ1) is 34.0. The van der Waals surface area contributed by atoms with Crippen LogP contribution >= 0.6 is 0 Å². The summed E-state index contributed by atoms with van der Waals surface area (Å²) < 4.78 is 11.7. The SMILES string of the molecule is COc1cc(NC(=O)c2ccccc2-c2ccc(C)cc2)ccc1C(=O)N(C)c1ccccc1OCCCNC(=O)N1CCN(C)CC1. The number of carbonyl (C=O) groups is 3. The lowest BCUT2D eigenvalue weighted by atomic mass is 9.98. The lowest BCUT2D eigenvalue weighted by molar-refractivity contribution is 0.0988. The number of aryl methyl sites for hydroxylation is 1. The standard InChI is InChI=1S/C38H43N5O5/c1-27-14-16-28(17-15-27)30-10-5-6-11-31(30)36(44)40-29-18-19-32(35(26-29)47-4)37(45)42(3)33-12-7-8-13-34(33)48-25-9-20-39-38(46)43-23-21-41(2)22-24-43/h5-8,10-19,26H,9,20-25H2,1-4H3,(H,39,46)(H,40,44). The van der Waals surface area contributed by atoms with E-state index in [2.05, 4.69) is 22.6 Å². The fourth-order valence-electron chi connectivity index (χ4n) is 5.53. The number of nitrogens with zero attached hydrogens (tertiary/aromatic N) is 3. The maximum absolute atomic E-state index is 13.7. The van der Waals surface area contributed by atoms with Gasteiger partial charge in [0.1, 0.15) is 11.5 Å². The van der Waals surface area contributed by atoms with E-state index in [1.807, 2.05) is 78.6 Å². The molecule has 10 nitrogen and oxygen atoms in total. The number of hydrogen-bond donors (Lipinski definition) is 2. The van der Waals surface area contributed by atoms with Crippen molar-refractivity contribution in [2.45, 2.75) is 13.3 Å². The Morgan fingerprint density at radius 2 is 1.54 bits per heavy atom. The van der Waals surface area contributed by atoms with Gasteiger partial charge in [0.2, 0.25) is 0 Å². The van der Waals surface area contributed by atoms with Crippen molar-refractivity contribution in [2.75, 3.05) is 70.8 Å². The van der Waals surface area contributed by atoms with E-state index in [0.29, 0.717) is 53.6 Å². The number of likely N-dealkylation sites (N-methyl/N-ethyl adjacent to an activating group) is 1. The summed E-state index contributed by atoms with van der Waals surface area (Å²) in [6.45, 7) is 6.06. The van der Waals surface area contributed by atoms with E-state index in [4.69, 9.17) is 9.47 Å². The lowest BCUT2D eigenvalue weighted by Crippen LogP contribution is -2.50. The zero-order valence-electron chi connectivity index (χ0n) is 28.0. The second-order valence-corrected chi connectivity index (χ2v) is 11.8. The van der Waals surface area contributed by atoms with Crippen LogP contribution in [0.25, 0.3) is 11.1 Å². The molecule has 4 aromatic carbocycles. The Morgan fingerprint density at radius 1 is 0.833 bits per heavy atom. The molecule has 0 atom stereocenters. The largest absolute Gasteiger partial charge is 0.496 e. The molecular formula is C38H43N5O5. The Balaban J connectivity index is 1.21. The highest BCUT2D eigenvalue weighted by molar-refractivity contribution is 6.10. The van der Waals surface area contributed by atoms with Crippen LogP contribution in [0.4, 0.5) is 16.2 Å². The maximum atomic E-state index is 13.7. The number of para-hydroxylation sites is 2. The molecule has 4 aromatic rings. The van der Waals surface area contributed by atoms with Crippen LogP contribution in [0.1, 0.15) is 32.7 Å². The fraction of sp³-hybridized carbons (Fsp3) is 0.289. The van der Waals surface area contributed by atoms with Crippen LogP contribution in [0, 0.1) is 6.92 Å². The first-order chi connectivity index (χ1) is 23.2. The topological polar surface area (TPSA) is 103 Å². The third-order valence-electron chi connectivity index (χ3n) is 8.40. The van der Waals surface area contributed by atoms with Gasteiger partial charge >= 0.3 is 6.03 Å². The number of methoxy groups -OCH3 is 1. The first-order valence-electron chi connectivity index (χ1n) is 16.1. The number of hydrogen-bond acceptors (Lipinski definition) is 6. The predicted octanol–water partition coefficient (Wildman–Crippen LogP) is 5.93. The van der Waals surface area contributed by atoms with E-state index >= 15 is 0 Å². The van der Waals surface area contributed by atoms with Gasteiger partial charge in [-0.05, 0) is 61.9 Å². The predicted molar refractivity (Wildman–Crippen MR) is 189 cm³/mol. The van der Waals surface area contributed by atoms with Gasteiger partial charge < -0.3 is 34.8 Å². The molecule has 0 aliphatic carbocycles. The molecule has 0 unspecified atom stereocenters. The second-order valence-electron chi connectivity index (χ2n) is 11.8. The molecule has 0 spiro atoms. The molecule has 5 rings (SSSR count). The van der Waals surface area contributed by atoms with Crippen molar-refractivity contribution in [2.24, 2.45) is 0 Å². The van der Waals surface area contributed by atoms with Crippen LogP contribution in [-0.2, 0) is 0 Å². The smallest absolute Gasteiger partial charge is 0.317 e. The molecule has 1 fully saturated rings. The van der Waals surface area contributed by atoms with Crippen molar-refractivity contribution >= 4 is 29.2 Å². The molecule has 1 heterocycles. The van der Waals surface area contributed by atoms with Gasteiger partial charge in [-0.1, -0.05) is 60.2 Å². The normalized spacial score (nSPS) is 13.0. The van der Waals surface area contributed by atoms with E-state index in [1.54, 1.807) is 31.3 Å². The average molecular weight is 650 g/mol. The number of amides is 4. The van der Waals surface area contributed by atoms with Crippen LogP contribution in [-0.4, -0.2) is 88.2 Å². The van der Waals surface area contributed by atoms with Crippen LogP contribution < -0.4 is 25.0 Å². The van der Waals surface area contributed by atoms with Gasteiger partial charge in [-0.25, -0.2) is 4.79 Å². The minimum atomic E-state index is -0.301. The molecule has 2 N–H and O–H groups in total. The van der Waals surface area contributed by atoms with E-state index in [0.717, 1.165) is 42.9 Å². The Kier molecular flexibility index (Phi) is 11.3. The van der Waals surface area contributed by atoms with Crippen LogP contribution in [0.5, 0.6) is 11.5 Å². The number of benzene rings is 4. The van der Waals surface area contributed by atoms with Crippen molar-refractivity contribution in [3.05, 3.63) is 108 Å². The number of urea groups is 1. The number of rotatable bonds is 11. The van der Waals surface area contributed by atoms with Crippen LogP contribution in [0.2, 0.25) is 0 Å². The van der Waals surface area contributed by atoms with E-state index in [9.17, 15) is 14.4 Å². The lowest BCUT2D eigenvalue weighted by Gasteiger charge is -2.32. The summed E-state index contributed by atoms with van der Waals surface area (Å²) in [5.74, 6) is 0.305. The molecule has 0 saturated carbocycles. The van der Waals surface area contributed by atoms with Gasteiger partial charge in [0.15, 0.2) is 0 Å². The van der Waals surface area contributed by atoms with Crippen LogP contribution in [0.15, 0.2) is 91.0 Å². The molecule has 48 heavy (non-hydrogen) atoms. The third-order valence-corrected chi connectivity index (χ3v) is 8.40. The summed E-state index contributed by atoms with van der Waals surface area (Å²) in [6.07, 6.45) is 0.613. The van der Waals surface area contributed by atoms with Crippen molar-refractivity contribution in [3.8, 4) is 22.6 Å². The molecule has 1 aliphatic rings. The monoisotopic (exact) mass is 649 g/mol. The summed E-state index contributed by atoms with van der Waals surface area (Å²) in [5.41, 5.74) is 4.88. The first-order valence-corrected chi connectivity index (χ1v) is 16.1. The van der Waals surface area contributed by atoms with E-state index in [-0.39, 0.29) is 17.8 Å². The van der Waals surface area contributed by atoms with Crippen LogP contribution in [0.3, 0.4) is 0 Å². The van der Waals surface area contributed by atoms with Gasteiger partial charge in [-0.2, -0.15) is 0 Å². The van der Waals surface area contributed by atoms with E-state index < -0.39 is 0 Å². The number of carbonyl (C=O) groups excluding carboxylic acids is 3. The van der Waals surface area contributed by atoms with Crippen molar-refractivity contribution in [3.63, 3.8) is 0 Å². The van der Waals surface area contributed by atoms with Crippen molar-refractivity contribution < 1.29 is 23.9 Å². The molecular weight excluding hydrogens is 606 g/mol. The van der Waals surface area contributed by atoms with Gasteiger partial charge in [-0.3, -0.25) is 9.59 Å². The highest BCUT2D eigenvalue weighted by atomic mass is 16.5. The minimum absolute atomic E-state index is 0.0552. The molecule has 250 valence electrons. The number of piperazine rings is 1. The van der Waals surface area contributed by atoms with Gasteiger partial charge in [0.25, 0.3) is 11.8 Å². The van der Waals surface area contributed by atoms with Gasteiger partial charge in [0.05, 0.1) is 25.0 Å². The molecule has 0 aromatic heterocycles. The molecule has 1 aliphatic heterocycles. The Bertz CT molecular complexity index is 1730. The molecule has 10 heteroatoms. The van der Waals surface area contributed by atoms with Gasteiger partial charge in [-0.15, -0.1) is 0 Å². The maximum Gasteiger partial charge on any atom is 0.317 e. The summed E-state index contributed by atoms with van der Waals surface area (Å²) in [6, 6.07) is 27.7. The quantitative estimate of drug-likeness (QED) is 0.196. The molecule has 0 radical (unpaired) electrons. The van der Waals surface area contributed by atoms with Crippen molar-refractivity contribution in [1.82, 2.24) is 15.1 Å². The fourth-order valence-corrected chi connectivity index (χ4v) is 5.53. The summed E-state index contributed by atoms with van der Waals surface area (Å²) >= 11 is 0. The molecule has 4 amide bonds. The zero-order valence-corrected chi connectivity index (χ0v) is 28.0. The Hall–Kier alpha value is -5.35. The summed E-state index contributed by atoms with van der Waals surface area (Å²) in [5, 5.41) is 5.92. The highest BCUT2D eigenvalue weighted by Gasteiger charge is 2.22. The minimum Gasteiger partial charge on any atom is -0.496 e. The highest BCUT2D eigenvalue weighted by Crippen LogP contribution is 2.32. The zero-order chi connectivity index (χ0) is 34.0. The number of nitrogens with one attached hydrogen (secondary N) is 2. The Morgan fingerprint density at radius 3 is 2.29 bits per heavy atom. The molecule has 0 bridgehead atoms. The molecule has 1 saturated heterocycles. The average Bonchev–Trinajstić information content (AvgIpc) is 3.11. The Labute approximate surface area is 282 Å².